The van der Waals surface area contributed by atoms with Crippen molar-refractivity contribution >= 4 is 7.60 Å². The van der Waals surface area contributed by atoms with Crippen molar-refractivity contribution in [3.63, 3.8) is 0 Å². The van der Waals surface area contributed by atoms with Crippen molar-refractivity contribution in [2.75, 3.05) is 14.2 Å². The molecule has 0 saturated carbocycles. The lowest BCUT2D eigenvalue weighted by Gasteiger charge is -2.14. The lowest BCUT2D eigenvalue weighted by Crippen LogP contribution is -1.94. The molecule has 1 aromatic carbocycles. The van der Waals surface area contributed by atoms with E-state index in [1.807, 2.05) is 32.0 Å². The summed E-state index contributed by atoms with van der Waals surface area (Å²) in [5.41, 5.74) is 3.39. The Morgan fingerprint density at radius 2 is 1.73 bits per heavy atom. The molecule has 84 valence electrons. The van der Waals surface area contributed by atoms with Gasteiger partial charge in [0.2, 0.25) is 0 Å². The topological polar surface area (TPSA) is 35.5 Å². The van der Waals surface area contributed by atoms with Crippen LogP contribution in [0.5, 0.6) is 0 Å². The van der Waals surface area contributed by atoms with E-state index in [2.05, 4.69) is 0 Å². The Balaban J connectivity index is 2.90. The van der Waals surface area contributed by atoms with Crippen LogP contribution in [0.25, 0.3) is 0 Å². The van der Waals surface area contributed by atoms with Gasteiger partial charge in [0.15, 0.2) is 0 Å². The fourth-order valence-corrected chi connectivity index (χ4v) is 2.38. The van der Waals surface area contributed by atoms with E-state index in [4.69, 9.17) is 9.05 Å². The van der Waals surface area contributed by atoms with Crippen LogP contribution in [0.15, 0.2) is 18.2 Å². The maximum Gasteiger partial charge on any atom is 0.334 e. The van der Waals surface area contributed by atoms with Crippen molar-refractivity contribution in [2.45, 2.75) is 20.0 Å². The third-order valence-corrected chi connectivity index (χ3v) is 4.37. The van der Waals surface area contributed by atoms with Gasteiger partial charge in [0.1, 0.15) is 0 Å². The second-order valence-corrected chi connectivity index (χ2v) is 5.82. The van der Waals surface area contributed by atoms with Gasteiger partial charge < -0.3 is 9.05 Å². The van der Waals surface area contributed by atoms with E-state index >= 15 is 0 Å². The van der Waals surface area contributed by atoms with Crippen LogP contribution in [0.1, 0.15) is 16.7 Å². The third-order valence-electron chi connectivity index (χ3n) is 2.50. The molecule has 0 fully saturated rings. The van der Waals surface area contributed by atoms with E-state index in [-0.39, 0.29) is 0 Å². The summed E-state index contributed by atoms with van der Waals surface area (Å²) in [5.74, 6) is 0. The zero-order valence-corrected chi connectivity index (χ0v) is 10.5. The Morgan fingerprint density at radius 1 is 1.13 bits per heavy atom. The maximum atomic E-state index is 11.9. The summed E-state index contributed by atoms with van der Waals surface area (Å²) in [6.45, 7) is 4.08. The Hall–Kier alpha value is -0.630. The molecule has 0 aliphatic heterocycles. The Kier molecular flexibility index (Phi) is 4.09. The molecule has 0 aliphatic rings. The highest BCUT2D eigenvalue weighted by Crippen LogP contribution is 2.49. The van der Waals surface area contributed by atoms with Crippen molar-refractivity contribution < 1.29 is 13.6 Å². The summed E-state index contributed by atoms with van der Waals surface area (Å²) in [7, 11) is -0.122. The van der Waals surface area contributed by atoms with Gasteiger partial charge in [0.05, 0.1) is 6.16 Å². The number of hydrogen-bond donors (Lipinski definition) is 0. The second-order valence-electron chi connectivity index (χ2n) is 3.55. The molecular formula is C11H17O3P. The summed E-state index contributed by atoms with van der Waals surface area (Å²) in [6, 6.07) is 5.98. The van der Waals surface area contributed by atoms with Crippen molar-refractivity contribution in [1.29, 1.82) is 0 Å². The van der Waals surface area contributed by atoms with E-state index in [0.29, 0.717) is 6.16 Å². The molecule has 0 aromatic heterocycles. The molecule has 0 atom stereocenters. The first-order chi connectivity index (χ1) is 7.00. The predicted octanol–water partition coefficient (Wildman–Crippen LogP) is 3.29. The zero-order valence-electron chi connectivity index (χ0n) is 9.61. The van der Waals surface area contributed by atoms with Gasteiger partial charge in [-0.2, -0.15) is 0 Å². The summed E-state index contributed by atoms with van der Waals surface area (Å²) in [6.07, 6.45) is 0.321. The van der Waals surface area contributed by atoms with Crippen LogP contribution in [0.4, 0.5) is 0 Å². The number of aryl methyl sites for hydroxylation is 2. The lowest BCUT2D eigenvalue weighted by atomic mass is 10.1. The van der Waals surface area contributed by atoms with E-state index in [0.717, 1.165) is 5.56 Å². The molecule has 0 bridgehead atoms. The van der Waals surface area contributed by atoms with Crippen LogP contribution >= 0.6 is 7.60 Å². The average Bonchev–Trinajstić information content (AvgIpc) is 2.23. The standard InChI is InChI=1S/C11H17O3P/c1-9-5-6-11(7-10(9)2)8-15(12,13-3)14-4/h5-7H,8H2,1-4H3. The molecule has 0 spiro atoms. The quantitative estimate of drug-likeness (QED) is 0.742. The zero-order chi connectivity index (χ0) is 11.5. The fraction of sp³-hybridized carbons (Fsp3) is 0.455. The first-order valence-electron chi connectivity index (χ1n) is 4.77. The molecule has 3 nitrogen and oxygen atoms in total. The van der Waals surface area contributed by atoms with Crippen molar-refractivity contribution in [3.8, 4) is 0 Å². The summed E-state index contributed by atoms with van der Waals surface area (Å²) in [4.78, 5) is 0. The minimum atomic E-state index is -2.94. The summed E-state index contributed by atoms with van der Waals surface area (Å²) in [5, 5.41) is 0. The molecule has 0 amide bonds. The first kappa shape index (κ1) is 12.4. The predicted molar refractivity (Wildman–Crippen MR) is 61.2 cm³/mol. The van der Waals surface area contributed by atoms with Gasteiger partial charge in [-0.25, -0.2) is 0 Å². The molecule has 0 unspecified atom stereocenters. The summed E-state index contributed by atoms with van der Waals surface area (Å²) >= 11 is 0. The van der Waals surface area contributed by atoms with E-state index in [9.17, 15) is 4.57 Å². The second kappa shape index (κ2) is 4.93. The highest BCUT2D eigenvalue weighted by Gasteiger charge is 2.21. The van der Waals surface area contributed by atoms with Crippen LogP contribution in [0.3, 0.4) is 0 Å². The molecule has 15 heavy (non-hydrogen) atoms. The molecular weight excluding hydrogens is 211 g/mol. The molecule has 1 aromatic rings. The highest BCUT2D eigenvalue weighted by atomic mass is 31.2. The van der Waals surface area contributed by atoms with Gasteiger partial charge >= 0.3 is 7.60 Å². The van der Waals surface area contributed by atoms with Gasteiger partial charge in [-0.3, -0.25) is 4.57 Å². The van der Waals surface area contributed by atoms with Gasteiger partial charge in [-0.05, 0) is 30.5 Å². The molecule has 4 heteroatoms. The highest BCUT2D eigenvalue weighted by molar-refractivity contribution is 7.52. The van der Waals surface area contributed by atoms with Crippen LogP contribution < -0.4 is 0 Å². The minimum Gasteiger partial charge on any atom is -0.312 e. The molecule has 0 aliphatic carbocycles. The minimum absolute atomic E-state index is 0.321. The van der Waals surface area contributed by atoms with Crippen molar-refractivity contribution in [2.24, 2.45) is 0 Å². The van der Waals surface area contributed by atoms with Crippen LogP contribution in [-0.2, 0) is 19.8 Å². The van der Waals surface area contributed by atoms with E-state index in [1.54, 1.807) is 0 Å². The van der Waals surface area contributed by atoms with E-state index in [1.165, 1.54) is 25.3 Å². The first-order valence-corrected chi connectivity index (χ1v) is 6.50. The normalized spacial score (nSPS) is 11.7. The molecule has 0 N–H and O–H groups in total. The van der Waals surface area contributed by atoms with Gasteiger partial charge in [0.25, 0.3) is 0 Å². The summed E-state index contributed by atoms with van der Waals surface area (Å²) < 4.78 is 21.7. The van der Waals surface area contributed by atoms with Crippen LogP contribution in [0, 0.1) is 13.8 Å². The monoisotopic (exact) mass is 228 g/mol. The molecule has 0 saturated heterocycles. The Labute approximate surface area is 90.9 Å². The molecule has 1 rings (SSSR count). The van der Waals surface area contributed by atoms with Crippen molar-refractivity contribution in [3.05, 3.63) is 34.9 Å². The number of benzene rings is 1. The van der Waals surface area contributed by atoms with Crippen LogP contribution in [-0.4, -0.2) is 14.2 Å². The van der Waals surface area contributed by atoms with E-state index < -0.39 is 7.60 Å². The third kappa shape index (κ3) is 3.16. The lowest BCUT2D eigenvalue weighted by molar-refractivity contribution is 0.275. The fourth-order valence-electron chi connectivity index (χ4n) is 1.33. The van der Waals surface area contributed by atoms with Crippen molar-refractivity contribution in [1.82, 2.24) is 0 Å². The van der Waals surface area contributed by atoms with Gasteiger partial charge in [0, 0.05) is 14.2 Å². The van der Waals surface area contributed by atoms with Gasteiger partial charge in [-0.1, -0.05) is 18.2 Å². The smallest absolute Gasteiger partial charge is 0.312 e. The SMILES string of the molecule is COP(=O)(Cc1ccc(C)c(C)c1)OC. The molecule has 0 heterocycles. The Morgan fingerprint density at radius 3 is 2.20 bits per heavy atom. The number of rotatable bonds is 4. The van der Waals surface area contributed by atoms with Gasteiger partial charge in [-0.15, -0.1) is 0 Å². The number of hydrogen-bond acceptors (Lipinski definition) is 3. The Bertz CT molecular complexity index is 379. The maximum absolute atomic E-state index is 11.9. The van der Waals surface area contributed by atoms with Crippen LogP contribution in [0.2, 0.25) is 0 Å². The largest absolute Gasteiger partial charge is 0.334 e. The molecule has 0 radical (unpaired) electrons. The average molecular weight is 228 g/mol.